The highest BCUT2D eigenvalue weighted by Gasteiger charge is 2.17. The number of ether oxygens (including phenoxy) is 3. The maximum absolute atomic E-state index is 13.0. The number of ketones is 1. The van der Waals surface area contributed by atoms with Crippen LogP contribution in [0.1, 0.15) is 104 Å². The van der Waals surface area contributed by atoms with Crippen LogP contribution in [-0.2, 0) is 12.8 Å². The number of benzene rings is 5. The summed E-state index contributed by atoms with van der Waals surface area (Å²) in [6.45, 7) is 6.17. The Morgan fingerprint density at radius 1 is 0.466 bits per heavy atom. The smallest absolute Gasteiger partial charge is 0.343 e. The van der Waals surface area contributed by atoms with E-state index in [1.54, 1.807) is 84.9 Å². The van der Waals surface area contributed by atoms with E-state index >= 15 is 0 Å². The quantitative estimate of drug-likeness (QED) is 0.0372. The van der Waals surface area contributed by atoms with Crippen LogP contribution in [0.25, 0.3) is 0 Å². The number of Topliss-reactive ketones (excluding diaryl/α,β-unsaturated/α-hetero) is 1. The summed E-state index contributed by atoms with van der Waals surface area (Å²) in [5, 5.41) is 0. The Morgan fingerprint density at radius 3 is 1.34 bits per heavy atom. The summed E-state index contributed by atoms with van der Waals surface area (Å²) in [4.78, 5) is 56.0. The van der Waals surface area contributed by atoms with E-state index in [-0.39, 0.29) is 23.5 Å². The molecule has 1 heterocycles. The Labute approximate surface area is 341 Å². The molecule has 0 radical (unpaired) electrons. The van der Waals surface area contributed by atoms with E-state index in [9.17, 15) is 19.2 Å². The van der Waals surface area contributed by atoms with Gasteiger partial charge in [0.2, 0.25) is 0 Å². The number of carbonyl (C=O) groups excluding carboxylic acids is 4. The minimum atomic E-state index is -0.588. The normalized spacial score (nSPS) is 12.8. The van der Waals surface area contributed by atoms with Crippen molar-refractivity contribution in [3.05, 3.63) is 155 Å². The van der Waals surface area contributed by atoms with E-state index in [0.29, 0.717) is 28.2 Å². The summed E-state index contributed by atoms with van der Waals surface area (Å²) in [6.07, 6.45) is 9.95. The molecule has 0 bridgehead atoms. The number of esters is 3. The number of hydrogen-bond acceptors (Lipinski definition) is 9. The monoisotopic (exact) mass is 780 g/mol. The Hall–Kier alpha value is -6.06. The molecular formula is C49H52N2O7. The van der Waals surface area contributed by atoms with Crippen molar-refractivity contribution in [1.29, 1.82) is 0 Å². The van der Waals surface area contributed by atoms with Crippen LogP contribution >= 0.6 is 0 Å². The van der Waals surface area contributed by atoms with E-state index in [1.807, 2.05) is 24.3 Å². The minimum Gasteiger partial charge on any atom is -0.423 e. The molecule has 1 aliphatic heterocycles. The average Bonchev–Trinajstić information content (AvgIpc) is 3.25. The molecule has 9 nitrogen and oxygen atoms in total. The van der Waals surface area contributed by atoms with E-state index in [4.69, 9.17) is 14.2 Å². The van der Waals surface area contributed by atoms with Gasteiger partial charge < -0.3 is 24.0 Å². The average molecular weight is 781 g/mol. The van der Waals surface area contributed by atoms with Crippen molar-refractivity contribution in [1.82, 2.24) is 4.90 Å². The van der Waals surface area contributed by atoms with Gasteiger partial charge in [-0.25, -0.2) is 14.4 Å². The van der Waals surface area contributed by atoms with Crippen LogP contribution in [0.5, 0.6) is 17.2 Å². The SMILES string of the molecule is CCCCCCCCCc1ccc(C(=O)Oc2ccc(C(=O)Oc3ccc(C(=O)Cc4ccc(C(=O)Oc5ccc(N6CCN(C)CC6)cc5)cc4)cc3)cc2)cc1. The third kappa shape index (κ3) is 12.2. The molecule has 1 aliphatic rings. The molecule has 0 spiro atoms. The van der Waals surface area contributed by atoms with Gasteiger partial charge in [-0.1, -0.05) is 69.7 Å². The molecule has 1 saturated heterocycles. The van der Waals surface area contributed by atoms with Gasteiger partial charge in [0.25, 0.3) is 0 Å². The molecular weight excluding hydrogens is 729 g/mol. The molecule has 9 heteroatoms. The van der Waals surface area contributed by atoms with Crippen LogP contribution in [0, 0.1) is 0 Å². The van der Waals surface area contributed by atoms with Crippen LogP contribution in [0.15, 0.2) is 121 Å². The van der Waals surface area contributed by atoms with Crippen LogP contribution in [0.3, 0.4) is 0 Å². The zero-order valence-corrected chi connectivity index (χ0v) is 33.5. The van der Waals surface area contributed by atoms with Gasteiger partial charge in [0.15, 0.2) is 5.78 Å². The number of anilines is 1. The molecule has 0 aliphatic carbocycles. The Bertz CT molecular complexity index is 2100. The van der Waals surface area contributed by atoms with E-state index in [1.165, 1.54) is 56.2 Å². The van der Waals surface area contributed by atoms with Crippen molar-refractivity contribution in [2.45, 2.75) is 64.7 Å². The highest BCUT2D eigenvalue weighted by molar-refractivity contribution is 5.98. The van der Waals surface area contributed by atoms with Crippen molar-refractivity contribution in [3.8, 4) is 17.2 Å². The molecule has 300 valence electrons. The number of unbranched alkanes of at least 4 members (excludes halogenated alkanes) is 6. The summed E-state index contributed by atoms with van der Waals surface area (Å²) >= 11 is 0. The van der Waals surface area contributed by atoms with Gasteiger partial charge in [-0.05, 0) is 128 Å². The van der Waals surface area contributed by atoms with Crippen molar-refractivity contribution < 1.29 is 33.4 Å². The summed E-state index contributed by atoms with van der Waals surface area (Å²) in [6, 6.07) is 34.4. The number of hydrogen-bond donors (Lipinski definition) is 0. The summed E-state index contributed by atoms with van der Waals surface area (Å²) in [5.41, 5.74) is 4.63. The Balaban J connectivity index is 0.918. The van der Waals surface area contributed by atoms with Gasteiger partial charge in [0.05, 0.1) is 16.7 Å². The standard InChI is InChI=1S/C49H52N2O7/c1-3-4-5-6-7-8-9-10-36-11-15-39(16-12-36)47(53)57-44-27-21-41(22-28-44)49(55)56-43-25-19-38(20-26-43)46(52)35-37-13-17-40(18-14-37)48(54)58-45-29-23-42(24-30-45)51-33-31-50(2)32-34-51/h11-30H,3-10,31-35H2,1-2H3. The van der Waals surface area contributed by atoms with Gasteiger partial charge in [0.1, 0.15) is 17.2 Å². The van der Waals surface area contributed by atoms with E-state index in [0.717, 1.165) is 50.3 Å². The van der Waals surface area contributed by atoms with Crippen LogP contribution in [-0.4, -0.2) is 61.8 Å². The molecule has 0 saturated carbocycles. The number of aryl methyl sites for hydroxylation is 1. The van der Waals surface area contributed by atoms with Crippen LogP contribution in [0.2, 0.25) is 0 Å². The molecule has 0 atom stereocenters. The van der Waals surface area contributed by atoms with Crippen LogP contribution < -0.4 is 19.1 Å². The lowest BCUT2D eigenvalue weighted by molar-refractivity contribution is 0.0723. The van der Waals surface area contributed by atoms with Gasteiger partial charge in [0, 0.05) is 43.9 Å². The maximum Gasteiger partial charge on any atom is 0.343 e. The molecule has 0 aromatic heterocycles. The third-order valence-corrected chi connectivity index (χ3v) is 10.4. The first-order valence-electron chi connectivity index (χ1n) is 20.4. The second-order valence-electron chi connectivity index (χ2n) is 14.9. The number of nitrogens with zero attached hydrogens (tertiary/aromatic N) is 2. The molecule has 5 aromatic rings. The zero-order valence-electron chi connectivity index (χ0n) is 33.5. The topological polar surface area (TPSA) is 102 Å². The van der Waals surface area contributed by atoms with Crippen molar-refractivity contribution in [2.75, 3.05) is 38.1 Å². The summed E-state index contributed by atoms with van der Waals surface area (Å²) in [5.74, 6) is -0.591. The number of likely N-dealkylation sites (N-methyl/N-ethyl adjacent to an activating group) is 1. The van der Waals surface area contributed by atoms with Gasteiger partial charge in [-0.3, -0.25) is 4.79 Å². The molecule has 0 unspecified atom stereocenters. The fourth-order valence-corrected chi connectivity index (χ4v) is 6.80. The van der Waals surface area contributed by atoms with Gasteiger partial charge in [-0.2, -0.15) is 0 Å². The molecule has 58 heavy (non-hydrogen) atoms. The summed E-state index contributed by atoms with van der Waals surface area (Å²) in [7, 11) is 2.12. The Kier molecular flexibility index (Phi) is 15.0. The lowest BCUT2D eigenvalue weighted by Gasteiger charge is -2.34. The van der Waals surface area contributed by atoms with Crippen molar-refractivity contribution in [3.63, 3.8) is 0 Å². The Morgan fingerprint density at radius 2 is 0.862 bits per heavy atom. The number of rotatable bonds is 18. The maximum atomic E-state index is 13.0. The highest BCUT2D eigenvalue weighted by Crippen LogP contribution is 2.23. The molecule has 5 aromatic carbocycles. The molecule has 6 rings (SSSR count). The molecule has 1 fully saturated rings. The number of piperazine rings is 1. The molecule has 0 amide bonds. The zero-order chi connectivity index (χ0) is 40.7. The van der Waals surface area contributed by atoms with Crippen molar-refractivity contribution in [2.24, 2.45) is 0 Å². The largest absolute Gasteiger partial charge is 0.423 e. The van der Waals surface area contributed by atoms with Gasteiger partial charge >= 0.3 is 17.9 Å². The van der Waals surface area contributed by atoms with Crippen molar-refractivity contribution >= 4 is 29.4 Å². The lowest BCUT2D eigenvalue weighted by atomic mass is 10.0. The minimum absolute atomic E-state index is 0.127. The predicted molar refractivity (Wildman–Crippen MR) is 227 cm³/mol. The van der Waals surface area contributed by atoms with Crippen LogP contribution in [0.4, 0.5) is 5.69 Å². The second kappa shape index (κ2) is 20.9. The first-order chi connectivity index (χ1) is 28.2. The van der Waals surface area contributed by atoms with E-state index in [2.05, 4.69) is 23.8 Å². The first kappa shape index (κ1) is 41.6. The predicted octanol–water partition coefficient (Wildman–Crippen LogP) is 9.81. The fraction of sp³-hybridized carbons (Fsp3) is 0.306. The van der Waals surface area contributed by atoms with E-state index < -0.39 is 17.9 Å². The molecule has 0 N–H and O–H groups in total. The third-order valence-electron chi connectivity index (χ3n) is 10.4. The first-order valence-corrected chi connectivity index (χ1v) is 20.4. The highest BCUT2D eigenvalue weighted by atomic mass is 16.5. The second-order valence-corrected chi connectivity index (χ2v) is 14.9. The van der Waals surface area contributed by atoms with Gasteiger partial charge in [-0.15, -0.1) is 0 Å². The number of carbonyl (C=O) groups is 4. The lowest BCUT2D eigenvalue weighted by Crippen LogP contribution is -2.44. The summed E-state index contributed by atoms with van der Waals surface area (Å²) < 4.78 is 16.6. The fourth-order valence-electron chi connectivity index (χ4n) is 6.80.